The van der Waals surface area contributed by atoms with Crippen LogP contribution in [-0.2, 0) is 6.54 Å². The molecule has 1 amide bonds. The minimum atomic E-state index is -0.334. The van der Waals surface area contributed by atoms with Crippen LogP contribution in [0.25, 0.3) is 0 Å². The lowest BCUT2D eigenvalue weighted by Gasteiger charge is -2.08. The third kappa shape index (κ3) is 5.21. The average molecular weight is 386 g/mol. The first-order valence-electron chi connectivity index (χ1n) is 8.59. The minimum Gasteiger partial charge on any atom is -0.494 e. The van der Waals surface area contributed by atoms with Crippen LogP contribution in [0.4, 0.5) is 11.5 Å². The number of halogens is 1. The molecule has 1 heterocycles. The van der Waals surface area contributed by atoms with E-state index in [4.69, 9.17) is 16.3 Å². The van der Waals surface area contributed by atoms with E-state index in [1.54, 1.807) is 18.2 Å². The van der Waals surface area contributed by atoms with Crippen LogP contribution < -0.4 is 15.4 Å². The molecule has 0 unspecified atom stereocenters. The minimum absolute atomic E-state index is 0.179. The zero-order chi connectivity index (χ0) is 19.1. The molecule has 8 heteroatoms. The van der Waals surface area contributed by atoms with E-state index < -0.39 is 0 Å². The van der Waals surface area contributed by atoms with Gasteiger partial charge in [0.15, 0.2) is 11.5 Å². The van der Waals surface area contributed by atoms with Crippen molar-refractivity contribution in [1.29, 1.82) is 0 Å². The fourth-order valence-corrected chi connectivity index (χ4v) is 2.56. The maximum absolute atomic E-state index is 12.4. The monoisotopic (exact) mass is 385 g/mol. The van der Waals surface area contributed by atoms with Crippen molar-refractivity contribution >= 4 is 29.0 Å². The molecule has 27 heavy (non-hydrogen) atoms. The van der Waals surface area contributed by atoms with E-state index in [-0.39, 0.29) is 11.6 Å². The summed E-state index contributed by atoms with van der Waals surface area (Å²) in [7, 11) is 0. The number of H-pyrrole nitrogens is 1. The number of ether oxygens (including phenoxy) is 1. The number of nitrogens with one attached hydrogen (secondary N) is 3. The number of benzene rings is 2. The first-order valence-corrected chi connectivity index (χ1v) is 8.97. The van der Waals surface area contributed by atoms with Crippen molar-refractivity contribution in [2.75, 3.05) is 11.9 Å². The van der Waals surface area contributed by atoms with Gasteiger partial charge in [-0.1, -0.05) is 36.7 Å². The Bertz CT molecular complexity index is 895. The van der Waals surface area contributed by atoms with Gasteiger partial charge in [0, 0.05) is 17.3 Å². The van der Waals surface area contributed by atoms with Gasteiger partial charge in [-0.25, -0.2) is 0 Å². The van der Waals surface area contributed by atoms with Gasteiger partial charge in [-0.15, -0.1) is 10.2 Å². The van der Waals surface area contributed by atoms with Crippen LogP contribution in [0.3, 0.4) is 0 Å². The van der Waals surface area contributed by atoms with Crippen LogP contribution in [0.1, 0.15) is 29.4 Å². The Balaban J connectivity index is 1.59. The highest BCUT2D eigenvalue weighted by Gasteiger charge is 2.16. The van der Waals surface area contributed by atoms with Crippen LogP contribution in [0.5, 0.6) is 5.75 Å². The molecule has 140 valence electrons. The molecule has 3 rings (SSSR count). The summed E-state index contributed by atoms with van der Waals surface area (Å²) in [5.74, 6) is 0.814. The second-order valence-corrected chi connectivity index (χ2v) is 6.27. The fourth-order valence-electron chi connectivity index (χ4n) is 2.37. The van der Waals surface area contributed by atoms with Gasteiger partial charge >= 0.3 is 0 Å². The highest BCUT2D eigenvalue weighted by atomic mass is 35.5. The molecule has 3 N–H and O–H groups in total. The van der Waals surface area contributed by atoms with E-state index in [0.717, 1.165) is 17.7 Å². The van der Waals surface area contributed by atoms with Crippen molar-refractivity contribution in [3.8, 4) is 5.75 Å². The van der Waals surface area contributed by atoms with Gasteiger partial charge in [0.25, 0.3) is 5.91 Å². The first-order chi connectivity index (χ1) is 13.2. The predicted octanol–water partition coefficient (Wildman–Crippen LogP) is 3.92. The lowest BCUT2D eigenvalue weighted by molar-refractivity contribution is 0.0946. The summed E-state index contributed by atoms with van der Waals surface area (Å²) in [6.07, 6.45) is 0.959. The Labute approximate surface area is 162 Å². The molecule has 0 spiro atoms. The van der Waals surface area contributed by atoms with E-state index in [2.05, 4.69) is 33.0 Å². The van der Waals surface area contributed by atoms with Crippen LogP contribution in [-0.4, -0.2) is 27.9 Å². The predicted molar refractivity (Wildman–Crippen MR) is 105 cm³/mol. The molecule has 0 radical (unpaired) electrons. The van der Waals surface area contributed by atoms with Crippen molar-refractivity contribution in [3.05, 3.63) is 64.8 Å². The quantitative estimate of drug-likeness (QED) is 0.546. The molecule has 0 saturated heterocycles. The summed E-state index contributed by atoms with van der Waals surface area (Å²) in [5.41, 5.74) is 1.85. The molecule has 0 fully saturated rings. The van der Waals surface area contributed by atoms with E-state index in [1.807, 2.05) is 30.3 Å². The Kier molecular flexibility index (Phi) is 6.27. The lowest BCUT2D eigenvalue weighted by atomic mass is 10.2. The molecule has 1 aromatic heterocycles. The molecule has 0 aliphatic carbocycles. The summed E-state index contributed by atoms with van der Waals surface area (Å²) in [6, 6.07) is 14.7. The summed E-state index contributed by atoms with van der Waals surface area (Å²) in [6.45, 7) is 3.12. The topological polar surface area (TPSA) is 91.9 Å². The van der Waals surface area contributed by atoms with E-state index in [1.165, 1.54) is 0 Å². The molecule has 0 atom stereocenters. The zero-order valence-electron chi connectivity index (χ0n) is 14.8. The molecule has 0 aliphatic heterocycles. The number of carbonyl (C=O) groups excluding carboxylic acids is 1. The normalized spacial score (nSPS) is 10.4. The van der Waals surface area contributed by atoms with E-state index >= 15 is 0 Å². The van der Waals surface area contributed by atoms with Crippen molar-refractivity contribution in [2.45, 2.75) is 19.9 Å². The van der Waals surface area contributed by atoms with Gasteiger partial charge in [0.1, 0.15) is 5.75 Å². The zero-order valence-corrected chi connectivity index (χ0v) is 15.6. The lowest BCUT2D eigenvalue weighted by Crippen LogP contribution is -2.24. The fraction of sp³-hybridized carbons (Fsp3) is 0.211. The first kappa shape index (κ1) is 18.7. The van der Waals surface area contributed by atoms with Gasteiger partial charge in [-0.05, 0) is 42.3 Å². The number of rotatable bonds is 8. The molecular formula is C19H20ClN5O2. The molecule has 2 aromatic carbocycles. The van der Waals surface area contributed by atoms with E-state index in [9.17, 15) is 4.79 Å². The van der Waals surface area contributed by atoms with Crippen LogP contribution in [0.2, 0.25) is 5.02 Å². The Hall–Kier alpha value is -3.06. The molecular weight excluding hydrogens is 366 g/mol. The number of aromatic nitrogens is 3. The van der Waals surface area contributed by atoms with Crippen LogP contribution >= 0.6 is 11.6 Å². The number of aromatic amines is 1. The number of hydrogen-bond donors (Lipinski definition) is 3. The Morgan fingerprint density at radius 1 is 1.19 bits per heavy atom. The van der Waals surface area contributed by atoms with Crippen LogP contribution in [0, 0.1) is 0 Å². The van der Waals surface area contributed by atoms with E-state index in [0.29, 0.717) is 29.7 Å². The highest BCUT2D eigenvalue weighted by molar-refractivity contribution is 6.30. The van der Waals surface area contributed by atoms with Crippen molar-refractivity contribution in [3.63, 3.8) is 0 Å². The van der Waals surface area contributed by atoms with Gasteiger partial charge in [0.05, 0.1) is 6.61 Å². The maximum Gasteiger partial charge on any atom is 0.275 e. The molecule has 3 aromatic rings. The number of nitrogens with zero attached hydrogens (tertiary/aromatic N) is 2. The summed E-state index contributed by atoms with van der Waals surface area (Å²) in [4.78, 5) is 12.4. The van der Waals surface area contributed by atoms with Gasteiger partial charge in [0.2, 0.25) is 0 Å². The third-order valence-corrected chi connectivity index (χ3v) is 3.93. The highest BCUT2D eigenvalue weighted by Crippen LogP contribution is 2.20. The average Bonchev–Trinajstić information content (AvgIpc) is 3.13. The SMILES string of the molecule is CCCOc1ccc(CNC(=O)c2n[nH]nc2Nc2cccc(Cl)c2)cc1. The van der Waals surface area contributed by atoms with Crippen molar-refractivity contribution in [2.24, 2.45) is 0 Å². The molecule has 0 bridgehead atoms. The van der Waals surface area contributed by atoms with Gasteiger partial charge < -0.3 is 15.4 Å². The number of carbonyl (C=O) groups is 1. The summed E-state index contributed by atoms with van der Waals surface area (Å²) >= 11 is 5.97. The largest absolute Gasteiger partial charge is 0.494 e. The molecule has 7 nitrogen and oxygen atoms in total. The van der Waals surface area contributed by atoms with Crippen molar-refractivity contribution < 1.29 is 9.53 Å². The number of amides is 1. The van der Waals surface area contributed by atoms with Crippen molar-refractivity contribution in [1.82, 2.24) is 20.7 Å². The van der Waals surface area contributed by atoms with Crippen LogP contribution in [0.15, 0.2) is 48.5 Å². The standard InChI is InChI=1S/C19H20ClN5O2/c1-2-10-27-16-8-6-13(7-9-16)12-21-19(26)17-18(24-25-23-17)22-15-5-3-4-14(20)11-15/h3-9,11H,2,10,12H2,1H3,(H,21,26)(H2,22,23,24,25). The van der Waals surface area contributed by atoms with Gasteiger partial charge in [-0.3, -0.25) is 4.79 Å². The Morgan fingerprint density at radius 2 is 2.00 bits per heavy atom. The number of hydrogen-bond acceptors (Lipinski definition) is 5. The Morgan fingerprint density at radius 3 is 2.74 bits per heavy atom. The second-order valence-electron chi connectivity index (χ2n) is 5.83. The molecule has 0 saturated carbocycles. The van der Waals surface area contributed by atoms with Gasteiger partial charge in [-0.2, -0.15) is 5.21 Å². The number of anilines is 2. The smallest absolute Gasteiger partial charge is 0.275 e. The third-order valence-electron chi connectivity index (χ3n) is 3.70. The summed E-state index contributed by atoms with van der Waals surface area (Å²) in [5, 5.41) is 16.8. The summed E-state index contributed by atoms with van der Waals surface area (Å²) < 4.78 is 5.55. The second kappa shape index (κ2) is 9.05. The maximum atomic E-state index is 12.4. The molecule has 0 aliphatic rings.